The molecular weight excluding hydrogens is 196 g/mol. The summed E-state index contributed by atoms with van der Waals surface area (Å²) < 4.78 is 5.57. The van der Waals surface area contributed by atoms with E-state index in [-0.39, 0.29) is 18.6 Å². The largest absolute Gasteiger partial charge is 0.369 e. The highest BCUT2D eigenvalue weighted by Crippen LogP contribution is 2.19. The lowest BCUT2D eigenvalue weighted by molar-refractivity contribution is -0.121. The van der Waals surface area contributed by atoms with E-state index in [4.69, 9.17) is 10.5 Å². The van der Waals surface area contributed by atoms with Gasteiger partial charge >= 0.3 is 0 Å². The molecule has 0 saturated carbocycles. The summed E-state index contributed by atoms with van der Waals surface area (Å²) in [6.45, 7) is 2.31. The summed E-state index contributed by atoms with van der Waals surface area (Å²) in [6.07, 6.45) is 1.65. The van der Waals surface area contributed by atoms with Gasteiger partial charge in [-0.15, -0.1) is 0 Å². The molecular formula is C9H14N4O2. The lowest BCUT2D eigenvalue weighted by atomic mass is 10.2. The van der Waals surface area contributed by atoms with Crippen molar-refractivity contribution in [1.29, 1.82) is 0 Å². The summed E-state index contributed by atoms with van der Waals surface area (Å²) in [5.74, 6) is -0.305. The van der Waals surface area contributed by atoms with Crippen LogP contribution in [0.1, 0.15) is 11.8 Å². The molecule has 1 saturated heterocycles. The first kappa shape index (κ1) is 10.1. The molecule has 6 nitrogen and oxygen atoms in total. The molecule has 2 rings (SSSR count). The van der Waals surface area contributed by atoms with Gasteiger partial charge in [0.1, 0.15) is 6.10 Å². The van der Waals surface area contributed by atoms with Gasteiger partial charge in [0, 0.05) is 19.3 Å². The molecule has 1 aromatic rings. The number of nitrogens with one attached hydrogen (secondary N) is 1. The maximum absolute atomic E-state index is 10.8. The molecule has 3 N–H and O–H groups in total. The lowest BCUT2D eigenvalue weighted by Gasteiger charge is -2.31. The van der Waals surface area contributed by atoms with Crippen molar-refractivity contribution in [3.8, 4) is 0 Å². The molecule has 0 aliphatic carbocycles. The molecule has 1 aliphatic heterocycles. The van der Waals surface area contributed by atoms with Gasteiger partial charge in [0.2, 0.25) is 5.91 Å². The first-order valence-electron chi connectivity index (χ1n) is 4.87. The average molecular weight is 210 g/mol. The second kappa shape index (κ2) is 4.41. The van der Waals surface area contributed by atoms with E-state index in [0.717, 1.165) is 12.2 Å². The lowest BCUT2D eigenvalue weighted by Crippen LogP contribution is -2.42. The van der Waals surface area contributed by atoms with Crippen LogP contribution in [0.25, 0.3) is 0 Å². The highest BCUT2D eigenvalue weighted by Gasteiger charge is 2.23. The molecule has 1 fully saturated rings. The van der Waals surface area contributed by atoms with E-state index in [0.29, 0.717) is 13.2 Å². The highest BCUT2D eigenvalue weighted by molar-refractivity contribution is 5.75. The van der Waals surface area contributed by atoms with Crippen molar-refractivity contribution >= 4 is 5.91 Å². The number of aromatic amines is 1. The monoisotopic (exact) mass is 210 g/mol. The van der Waals surface area contributed by atoms with Crippen molar-refractivity contribution in [2.24, 2.45) is 5.73 Å². The Hall–Kier alpha value is -1.40. The van der Waals surface area contributed by atoms with Gasteiger partial charge in [-0.25, -0.2) is 0 Å². The van der Waals surface area contributed by atoms with Gasteiger partial charge in [-0.05, 0) is 6.07 Å². The van der Waals surface area contributed by atoms with Crippen LogP contribution < -0.4 is 5.73 Å². The van der Waals surface area contributed by atoms with Gasteiger partial charge in [-0.1, -0.05) is 0 Å². The number of nitrogens with zero attached hydrogens (tertiary/aromatic N) is 2. The van der Waals surface area contributed by atoms with E-state index in [9.17, 15) is 4.79 Å². The molecule has 82 valence electrons. The second-order valence-electron chi connectivity index (χ2n) is 3.57. The molecule has 0 radical (unpaired) electrons. The van der Waals surface area contributed by atoms with Crippen molar-refractivity contribution < 1.29 is 9.53 Å². The Labute approximate surface area is 87.4 Å². The van der Waals surface area contributed by atoms with Crippen molar-refractivity contribution in [2.75, 3.05) is 26.2 Å². The summed E-state index contributed by atoms with van der Waals surface area (Å²) in [6, 6.07) is 1.87. The van der Waals surface area contributed by atoms with Crippen LogP contribution in [0.3, 0.4) is 0 Å². The number of morpholine rings is 1. The predicted molar refractivity (Wildman–Crippen MR) is 52.9 cm³/mol. The quantitative estimate of drug-likeness (QED) is 0.688. The first-order chi connectivity index (χ1) is 7.25. The number of primary amides is 1. The zero-order valence-electron chi connectivity index (χ0n) is 8.35. The maximum atomic E-state index is 10.8. The number of rotatable bonds is 3. The number of aromatic nitrogens is 2. The number of hydrogen-bond acceptors (Lipinski definition) is 4. The van der Waals surface area contributed by atoms with Crippen molar-refractivity contribution in [3.05, 3.63) is 18.0 Å². The number of carbonyl (C=O) groups is 1. The summed E-state index contributed by atoms with van der Waals surface area (Å²) in [7, 11) is 0. The predicted octanol–water partition coefficient (Wildman–Crippen LogP) is -0.732. The van der Waals surface area contributed by atoms with E-state index < -0.39 is 0 Å². The van der Waals surface area contributed by atoms with Crippen LogP contribution in [-0.4, -0.2) is 47.2 Å². The number of ether oxygens (including phenoxy) is 1. The Balaban J connectivity index is 1.95. The third kappa shape index (κ3) is 2.54. The summed E-state index contributed by atoms with van der Waals surface area (Å²) in [4.78, 5) is 12.8. The second-order valence-corrected chi connectivity index (χ2v) is 3.57. The molecule has 1 aliphatic rings. The molecule has 1 atom stereocenters. The van der Waals surface area contributed by atoms with Crippen molar-refractivity contribution in [3.63, 3.8) is 0 Å². The molecule has 6 heteroatoms. The normalized spacial score (nSPS) is 22.8. The van der Waals surface area contributed by atoms with Gasteiger partial charge in [-0.2, -0.15) is 5.10 Å². The molecule has 1 aromatic heterocycles. The Bertz CT molecular complexity index is 325. The third-order valence-electron chi connectivity index (χ3n) is 2.40. The van der Waals surface area contributed by atoms with Crippen LogP contribution in [0.2, 0.25) is 0 Å². The smallest absolute Gasteiger partial charge is 0.231 e. The van der Waals surface area contributed by atoms with Crippen LogP contribution in [0.4, 0.5) is 0 Å². The maximum Gasteiger partial charge on any atom is 0.231 e. The summed E-state index contributed by atoms with van der Waals surface area (Å²) >= 11 is 0. The number of hydrogen-bond donors (Lipinski definition) is 2. The van der Waals surface area contributed by atoms with E-state index in [2.05, 4.69) is 10.2 Å². The van der Waals surface area contributed by atoms with E-state index >= 15 is 0 Å². The fourth-order valence-electron chi connectivity index (χ4n) is 1.70. The van der Waals surface area contributed by atoms with Crippen LogP contribution in [0.15, 0.2) is 12.3 Å². The fourth-order valence-corrected chi connectivity index (χ4v) is 1.70. The fraction of sp³-hybridized carbons (Fsp3) is 0.556. The molecule has 0 bridgehead atoms. The zero-order valence-corrected chi connectivity index (χ0v) is 8.35. The molecule has 15 heavy (non-hydrogen) atoms. The minimum Gasteiger partial charge on any atom is -0.369 e. The van der Waals surface area contributed by atoms with Crippen LogP contribution in [0, 0.1) is 0 Å². The number of amides is 1. The van der Waals surface area contributed by atoms with Gasteiger partial charge in [-0.3, -0.25) is 14.8 Å². The Morgan fingerprint density at radius 2 is 2.67 bits per heavy atom. The minimum absolute atomic E-state index is 0.0411. The molecule has 0 unspecified atom stereocenters. The number of H-pyrrole nitrogens is 1. The van der Waals surface area contributed by atoms with Crippen LogP contribution in [0.5, 0.6) is 0 Å². The molecule has 0 aromatic carbocycles. The highest BCUT2D eigenvalue weighted by atomic mass is 16.5. The Kier molecular flexibility index (Phi) is 2.98. The van der Waals surface area contributed by atoms with Gasteiger partial charge in [0.05, 0.1) is 18.8 Å². The molecule has 1 amide bonds. The minimum atomic E-state index is -0.305. The Morgan fingerprint density at radius 1 is 1.80 bits per heavy atom. The third-order valence-corrected chi connectivity index (χ3v) is 2.40. The summed E-state index contributed by atoms with van der Waals surface area (Å²) in [5.41, 5.74) is 6.08. The van der Waals surface area contributed by atoms with Crippen LogP contribution in [-0.2, 0) is 9.53 Å². The van der Waals surface area contributed by atoms with Crippen LogP contribution >= 0.6 is 0 Å². The number of nitrogens with two attached hydrogens (primary N) is 1. The number of carbonyl (C=O) groups excluding carboxylic acids is 1. The summed E-state index contributed by atoms with van der Waals surface area (Å²) in [5, 5.41) is 6.73. The average Bonchev–Trinajstić information content (AvgIpc) is 2.69. The van der Waals surface area contributed by atoms with Crippen molar-refractivity contribution in [2.45, 2.75) is 6.10 Å². The standard InChI is InChI=1S/C9H14N4O2/c10-9(14)6-13-3-4-15-8(5-13)7-1-2-11-12-7/h1-2,8H,3-6H2,(H2,10,14)(H,11,12)/t8-/m1/s1. The van der Waals surface area contributed by atoms with Gasteiger partial charge < -0.3 is 10.5 Å². The topological polar surface area (TPSA) is 84.2 Å². The molecule has 2 heterocycles. The SMILES string of the molecule is NC(=O)CN1CCO[C@@H](c2ccn[nH]2)C1. The first-order valence-corrected chi connectivity index (χ1v) is 4.87. The zero-order chi connectivity index (χ0) is 10.7. The van der Waals surface area contributed by atoms with E-state index in [1.165, 1.54) is 0 Å². The van der Waals surface area contributed by atoms with Gasteiger partial charge in [0.25, 0.3) is 0 Å². The van der Waals surface area contributed by atoms with E-state index in [1.807, 2.05) is 11.0 Å². The van der Waals surface area contributed by atoms with Gasteiger partial charge in [0.15, 0.2) is 0 Å². The van der Waals surface area contributed by atoms with Crippen molar-refractivity contribution in [1.82, 2.24) is 15.1 Å². The van der Waals surface area contributed by atoms with E-state index in [1.54, 1.807) is 6.20 Å². The Morgan fingerprint density at radius 3 is 3.33 bits per heavy atom. The molecule has 0 spiro atoms.